The van der Waals surface area contributed by atoms with E-state index in [9.17, 15) is 0 Å². The zero-order chi connectivity index (χ0) is 15.3. The molecule has 0 aliphatic heterocycles. The number of imidazole rings is 1. The Morgan fingerprint density at radius 2 is 1.64 bits per heavy atom. The molecule has 0 aliphatic carbocycles. The second-order valence-electron chi connectivity index (χ2n) is 5.68. The molecule has 0 amide bonds. The Morgan fingerprint density at radius 3 is 2.50 bits per heavy atom. The maximum absolute atomic E-state index is 6.31. The summed E-state index contributed by atoms with van der Waals surface area (Å²) in [6.07, 6.45) is 0. The molecule has 22 heavy (non-hydrogen) atoms. The zero-order valence-electron chi connectivity index (χ0n) is 12.4. The van der Waals surface area contributed by atoms with Gasteiger partial charge in [0.15, 0.2) is 0 Å². The summed E-state index contributed by atoms with van der Waals surface area (Å²) in [7, 11) is 0. The summed E-state index contributed by atoms with van der Waals surface area (Å²) >= 11 is 6.31. The molecule has 0 saturated heterocycles. The molecule has 0 saturated carbocycles. The SMILES string of the molecule is Cc1cc2nc(-c3cccc4c(Cl)cccc34)[nH]c2cc1C. The van der Waals surface area contributed by atoms with Crippen molar-refractivity contribution in [1.29, 1.82) is 0 Å². The molecule has 0 unspecified atom stereocenters. The standard InChI is InChI=1S/C19H15ClN2/c1-11-9-17-18(10-12(11)2)22-19(21-17)15-7-3-6-14-13(15)5-4-8-16(14)20/h3-10H,1-2H3,(H,21,22). The van der Waals surface area contributed by atoms with Crippen LogP contribution in [0.1, 0.15) is 11.1 Å². The molecular formula is C19H15ClN2. The molecule has 0 spiro atoms. The molecule has 3 aromatic carbocycles. The van der Waals surface area contributed by atoms with Crippen LogP contribution in [0.25, 0.3) is 33.2 Å². The number of hydrogen-bond donors (Lipinski definition) is 1. The van der Waals surface area contributed by atoms with Crippen molar-refractivity contribution in [3.05, 3.63) is 64.7 Å². The minimum absolute atomic E-state index is 0.766. The summed E-state index contributed by atoms with van der Waals surface area (Å²) in [5.74, 6) is 0.882. The van der Waals surface area contributed by atoms with Crippen LogP contribution < -0.4 is 0 Å². The van der Waals surface area contributed by atoms with Crippen molar-refractivity contribution < 1.29 is 0 Å². The predicted molar refractivity (Wildman–Crippen MR) is 93.5 cm³/mol. The van der Waals surface area contributed by atoms with Gasteiger partial charge < -0.3 is 4.98 Å². The first-order valence-corrected chi connectivity index (χ1v) is 7.66. The summed E-state index contributed by atoms with van der Waals surface area (Å²) in [4.78, 5) is 8.20. The third kappa shape index (κ3) is 1.99. The quantitative estimate of drug-likeness (QED) is 0.483. The summed E-state index contributed by atoms with van der Waals surface area (Å²) in [6, 6.07) is 16.4. The van der Waals surface area contributed by atoms with Crippen molar-refractivity contribution >= 4 is 33.4 Å². The number of rotatable bonds is 1. The highest BCUT2D eigenvalue weighted by molar-refractivity contribution is 6.35. The molecule has 3 heteroatoms. The molecule has 0 fully saturated rings. The van der Waals surface area contributed by atoms with Crippen molar-refractivity contribution in [3.63, 3.8) is 0 Å². The van der Waals surface area contributed by atoms with Crippen LogP contribution in [0, 0.1) is 13.8 Å². The molecule has 1 heterocycles. The maximum atomic E-state index is 6.31. The van der Waals surface area contributed by atoms with E-state index in [-0.39, 0.29) is 0 Å². The fraction of sp³-hybridized carbons (Fsp3) is 0.105. The van der Waals surface area contributed by atoms with Gasteiger partial charge in [-0.25, -0.2) is 4.98 Å². The van der Waals surface area contributed by atoms with E-state index in [0.717, 1.165) is 38.2 Å². The molecule has 0 bridgehead atoms. The fourth-order valence-electron chi connectivity index (χ4n) is 2.88. The van der Waals surface area contributed by atoms with Crippen molar-refractivity contribution in [2.24, 2.45) is 0 Å². The smallest absolute Gasteiger partial charge is 0.139 e. The van der Waals surface area contributed by atoms with Crippen LogP contribution in [0.5, 0.6) is 0 Å². The van der Waals surface area contributed by atoms with Gasteiger partial charge in [-0.15, -0.1) is 0 Å². The van der Waals surface area contributed by atoms with Gasteiger partial charge in [-0.05, 0) is 48.6 Å². The minimum Gasteiger partial charge on any atom is -0.338 e. The summed E-state index contributed by atoms with van der Waals surface area (Å²) in [5.41, 5.74) is 5.66. The maximum Gasteiger partial charge on any atom is 0.139 e. The van der Waals surface area contributed by atoms with Crippen LogP contribution in [-0.4, -0.2) is 9.97 Å². The number of halogens is 1. The highest BCUT2D eigenvalue weighted by Crippen LogP contribution is 2.32. The number of aromatic amines is 1. The molecule has 1 N–H and O–H groups in total. The summed E-state index contributed by atoms with van der Waals surface area (Å²) in [6.45, 7) is 4.23. The lowest BCUT2D eigenvalue weighted by atomic mass is 10.0. The van der Waals surface area contributed by atoms with Crippen molar-refractivity contribution in [3.8, 4) is 11.4 Å². The Kier molecular flexibility index (Phi) is 2.95. The van der Waals surface area contributed by atoms with Gasteiger partial charge in [-0.3, -0.25) is 0 Å². The van der Waals surface area contributed by atoms with Crippen molar-refractivity contribution in [2.75, 3.05) is 0 Å². The minimum atomic E-state index is 0.766. The molecular weight excluding hydrogens is 292 g/mol. The number of aryl methyl sites for hydroxylation is 2. The van der Waals surface area contributed by atoms with Crippen LogP contribution in [0.4, 0.5) is 0 Å². The van der Waals surface area contributed by atoms with Gasteiger partial charge in [-0.2, -0.15) is 0 Å². The van der Waals surface area contributed by atoms with Crippen LogP contribution >= 0.6 is 11.6 Å². The Morgan fingerprint density at radius 1 is 0.909 bits per heavy atom. The number of nitrogens with one attached hydrogen (secondary N) is 1. The average Bonchev–Trinajstić information content (AvgIpc) is 2.90. The predicted octanol–water partition coefficient (Wildman–Crippen LogP) is 5.65. The van der Waals surface area contributed by atoms with E-state index in [0.29, 0.717) is 0 Å². The number of benzene rings is 3. The number of nitrogens with zero attached hydrogens (tertiary/aromatic N) is 1. The highest BCUT2D eigenvalue weighted by Gasteiger charge is 2.10. The Hall–Kier alpha value is -2.32. The second-order valence-corrected chi connectivity index (χ2v) is 6.09. The average molecular weight is 307 g/mol. The van der Waals surface area contributed by atoms with Crippen LogP contribution in [0.2, 0.25) is 5.02 Å². The van der Waals surface area contributed by atoms with Gasteiger partial charge >= 0.3 is 0 Å². The van der Waals surface area contributed by atoms with E-state index in [4.69, 9.17) is 16.6 Å². The molecule has 4 rings (SSSR count). The lowest BCUT2D eigenvalue weighted by Crippen LogP contribution is -1.83. The Labute approximate surface area is 133 Å². The Bertz CT molecular complexity index is 976. The number of aromatic nitrogens is 2. The Balaban J connectivity index is 2.01. The first-order valence-electron chi connectivity index (χ1n) is 7.28. The largest absolute Gasteiger partial charge is 0.338 e. The molecule has 2 nitrogen and oxygen atoms in total. The fourth-order valence-corrected chi connectivity index (χ4v) is 3.11. The van der Waals surface area contributed by atoms with E-state index in [2.05, 4.69) is 43.1 Å². The summed E-state index contributed by atoms with van der Waals surface area (Å²) < 4.78 is 0. The third-order valence-electron chi connectivity index (χ3n) is 4.22. The summed E-state index contributed by atoms with van der Waals surface area (Å²) in [5, 5.41) is 2.93. The van der Waals surface area contributed by atoms with E-state index in [1.807, 2.05) is 24.3 Å². The van der Waals surface area contributed by atoms with Crippen LogP contribution in [0.15, 0.2) is 48.5 Å². The monoisotopic (exact) mass is 306 g/mol. The van der Waals surface area contributed by atoms with E-state index in [1.165, 1.54) is 11.1 Å². The van der Waals surface area contributed by atoms with Gasteiger partial charge in [0.1, 0.15) is 5.82 Å². The number of fused-ring (bicyclic) bond motifs is 2. The van der Waals surface area contributed by atoms with E-state index >= 15 is 0 Å². The van der Waals surface area contributed by atoms with Crippen LogP contribution in [0.3, 0.4) is 0 Å². The van der Waals surface area contributed by atoms with Gasteiger partial charge in [0.2, 0.25) is 0 Å². The molecule has 1 aromatic heterocycles. The van der Waals surface area contributed by atoms with Gasteiger partial charge in [0, 0.05) is 16.0 Å². The van der Waals surface area contributed by atoms with Crippen molar-refractivity contribution in [2.45, 2.75) is 13.8 Å². The first-order chi connectivity index (χ1) is 10.6. The van der Waals surface area contributed by atoms with E-state index < -0.39 is 0 Å². The van der Waals surface area contributed by atoms with Crippen molar-refractivity contribution in [1.82, 2.24) is 9.97 Å². The lowest BCUT2D eigenvalue weighted by Gasteiger charge is -2.05. The highest BCUT2D eigenvalue weighted by atomic mass is 35.5. The molecule has 108 valence electrons. The first kappa shape index (κ1) is 13.4. The van der Waals surface area contributed by atoms with Gasteiger partial charge in [-0.1, -0.05) is 41.9 Å². The third-order valence-corrected chi connectivity index (χ3v) is 4.55. The van der Waals surface area contributed by atoms with Gasteiger partial charge in [0.25, 0.3) is 0 Å². The zero-order valence-corrected chi connectivity index (χ0v) is 13.2. The molecule has 0 aliphatic rings. The van der Waals surface area contributed by atoms with Crippen LogP contribution in [-0.2, 0) is 0 Å². The van der Waals surface area contributed by atoms with E-state index in [1.54, 1.807) is 0 Å². The normalized spacial score (nSPS) is 11.4. The molecule has 0 radical (unpaired) electrons. The van der Waals surface area contributed by atoms with Gasteiger partial charge in [0.05, 0.1) is 11.0 Å². The number of hydrogen-bond acceptors (Lipinski definition) is 1. The molecule has 4 aromatic rings. The lowest BCUT2D eigenvalue weighted by molar-refractivity contribution is 1.35. The molecule has 0 atom stereocenters. The second kappa shape index (κ2) is 4.85. The number of H-pyrrole nitrogens is 1. The topological polar surface area (TPSA) is 28.7 Å².